The van der Waals surface area contributed by atoms with Gasteiger partial charge in [-0.05, 0) is 38.9 Å². The summed E-state index contributed by atoms with van der Waals surface area (Å²) >= 11 is 6.27. The number of benzene rings is 1. The van der Waals surface area contributed by atoms with Gasteiger partial charge in [0.25, 0.3) is 5.91 Å². The molecule has 1 amide bonds. The second-order valence-electron chi connectivity index (χ2n) is 6.81. The highest BCUT2D eigenvalue weighted by atomic mass is 35.5. The average Bonchev–Trinajstić information content (AvgIpc) is 3.03. The predicted octanol–water partition coefficient (Wildman–Crippen LogP) is 3.05. The van der Waals surface area contributed by atoms with Crippen LogP contribution in [0.25, 0.3) is 11.3 Å². The summed E-state index contributed by atoms with van der Waals surface area (Å²) in [6.07, 6.45) is 1.92. The third-order valence-electron chi connectivity index (χ3n) is 4.96. The summed E-state index contributed by atoms with van der Waals surface area (Å²) in [5.74, 6) is 0.274. The average molecular weight is 378 g/mol. The van der Waals surface area contributed by atoms with Crippen LogP contribution in [0, 0.1) is 12.3 Å². The standard InChI is InChI=1S/C19H24ClN3O3/c1-13-16(17(23-26-13)14-5-3-4-6-15(14)20)18(24)22-11-19(12-25-2)7-9-21-10-8-19/h3-6,21H,7-12H2,1-2H3,(H,22,24). The van der Waals surface area contributed by atoms with Crippen molar-refractivity contribution in [3.8, 4) is 11.3 Å². The number of aromatic nitrogens is 1. The van der Waals surface area contributed by atoms with Gasteiger partial charge < -0.3 is 19.9 Å². The van der Waals surface area contributed by atoms with E-state index in [0.29, 0.717) is 40.8 Å². The Morgan fingerprint density at radius 2 is 2.12 bits per heavy atom. The van der Waals surface area contributed by atoms with Crippen LogP contribution in [0.4, 0.5) is 0 Å². The Labute approximate surface area is 158 Å². The molecule has 6 nitrogen and oxygen atoms in total. The lowest BCUT2D eigenvalue weighted by Crippen LogP contribution is -2.47. The van der Waals surface area contributed by atoms with Crippen molar-refractivity contribution in [2.45, 2.75) is 19.8 Å². The van der Waals surface area contributed by atoms with Crippen LogP contribution >= 0.6 is 11.6 Å². The lowest BCUT2D eigenvalue weighted by atomic mass is 9.79. The number of nitrogens with zero attached hydrogens (tertiary/aromatic N) is 1. The van der Waals surface area contributed by atoms with E-state index in [1.165, 1.54) is 0 Å². The molecule has 1 aliphatic heterocycles. The number of ether oxygens (including phenoxy) is 1. The molecule has 0 saturated carbocycles. The zero-order chi connectivity index (χ0) is 18.6. The van der Waals surface area contributed by atoms with Gasteiger partial charge in [0.15, 0.2) is 0 Å². The first kappa shape index (κ1) is 18.9. The van der Waals surface area contributed by atoms with Crippen molar-refractivity contribution in [1.29, 1.82) is 0 Å². The number of halogens is 1. The maximum Gasteiger partial charge on any atom is 0.257 e. The lowest BCUT2D eigenvalue weighted by molar-refractivity contribution is 0.0511. The van der Waals surface area contributed by atoms with E-state index in [2.05, 4.69) is 15.8 Å². The molecule has 1 aromatic heterocycles. The van der Waals surface area contributed by atoms with Crippen molar-refractivity contribution < 1.29 is 14.1 Å². The molecule has 1 aliphatic rings. The fraction of sp³-hybridized carbons (Fsp3) is 0.474. The van der Waals surface area contributed by atoms with Gasteiger partial charge in [0.05, 0.1) is 11.6 Å². The molecule has 0 bridgehead atoms. The molecule has 26 heavy (non-hydrogen) atoms. The monoisotopic (exact) mass is 377 g/mol. The van der Waals surface area contributed by atoms with Crippen LogP contribution in [0.5, 0.6) is 0 Å². The molecule has 140 valence electrons. The van der Waals surface area contributed by atoms with Crippen molar-refractivity contribution in [3.05, 3.63) is 40.6 Å². The molecule has 1 aromatic carbocycles. The summed E-state index contributed by atoms with van der Waals surface area (Å²) in [6, 6.07) is 7.29. The van der Waals surface area contributed by atoms with Gasteiger partial charge in [-0.2, -0.15) is 0 Å². The molecule has 1 saturated heterocycles. The Kier molecular flexibility index (Phi) is 5.96. The van der Waals surface area contributed by atoms with E-state index in [4.69, 9.17) is 20.9 Å². The molecule has 0 unspecified atom stereocenters. The Balaban J connectivity index is 1.80. The molecule has 2 heterocycles. The maximum atomic E-state index is 12.9. The predicted molar refractivity (Wildman–Crippen MR) is 100 cm³/mol. The largest absolute Gasteiger partial charge is 0.384 e. The summed E-state index contributed by atoms with van der Waals surface area (Å²) in [5, 5.41) is 11.0. The van der Waals surface area contributed by atoms with Gasteiger partial charge >= 0.3 is 0 Å². The molecule has 0 spiro atoms. The highest BCUT2D eigenvalue weighted by Gasteiger charge is 2.33. The number of rotatable bonds is 6. The fourth-order valence-corrected chi connectivity index (χ4v) is 3.69. The number of piperidine rings is 1. The number of amides is 1. The van der Waals surface area contributed by atoms with Crippen LogP contribution in [0.2, 0.25) is 5.02 Å². The highest BCUT2D eigenvalue weighted by molar-refractivity contribution is 6.33. The molecule has 0 atom stereocenters. The zero-order valence-corrected chi connectivity index (χ0v) is 15.9. The van der Waals surface area contributed by atoms with Crippen LogP contribution in [-0.2, 0) is 4.74 Å². The Bertz CT molecular complexity index is 764. The maximum absolute atomic E-state index is 12.9. The first-order chi connectivity index (χ1) is 12.6. The number of carbonyl (C=O) groups excluding carboxylic acids is 1. The Hall–Kier alpha value is -1.89. The topological polar surface area (TPSA) is 76.4 Å². The number of hydrogen-bond acceptors (Lipinski definition) is 5. The minimum absolute atomic E-state index is 0.0503. The summed E-state index contributed by atoms with van der Waals surface area (Å²) in [6.45, 7) is 4.76. The molecule has 2 N–H and O–H groups in total. The smallest absolute Gasteiger partial charge is 0.257 e. The first-order valence-electron chi connectivity index (χ1n) is 8.75. The van der Waals surface area contributed by atoms with E-state index in [1.54, 1.807) is 20.1 Å². The van der Waals surface area contributed by atoms with Crippen LogP contribution in [0.1, 0.15) is 29.0 Å². The molecule has 0 radical (unpaired) electrons. The summed E-state index contributed by atoms with van der Waals surface area (Å²) in [7, 11) is 1.70. The van der Waals surface area contributed by atoms with E-state index in [1.807, 2.05) is 18.2 Å². The Morgan fingerprint density at radius 3 is 2.81 bits per heavy atom. The second kappa shape index (κ2) is 8.20. The van der Waals surface area contributed by atoms with Crippen molar-refractivity contribution in [3.63, 3.8) is 0 Å². The van der Waals surface area contributed by atoms with Gasteiger partial charge in [0.1, 0.15) is 17.0 Å². The normalized spacial score (nSPS) is 16.4. The molecule has 3 rings (SSSR count). The SMILES string of the molecule is COCC1(CNC(=O)c2c(-c3ccccc3Cl)noc2C)CCNCC1. The lowest BCUT2D eigenvalue weighted by Gasteiger charge is -2.37. The van der Waals surface area contributed by atoms with Gasteiger partial charge in [0, 0.05) is 24.6 Å². The van der Waals surface area contributed by atoms with Gasteiger partial charge in [-0.3, -0.25) is 4.79 Å². The molecular weight excluding hydrogens is 354 g/mol. The zero-order valence-electron chi connectivity index (χ0n) is 15.1. The van der Waals surface area contributed by atoms with Crippen molar-refractivity contribution >= 4 is 17.5 Å². The number of carbonyl (C=O) groups is 1. The van der Waals surface area contributed by atoms with Crippen molar-refractivity contribution in [1.82, 2.24) is 15.8 Å². The van der Waals surface area contributed by atoms with E-state index >= 15 is 0 Å². The minimum atomic E-state index is -0.201. The summed E-state index contributed by atoms with van der Waals surface area (Å²) < 4.78 is 10.7. The molecule has 7 heteroatoms. The van der Waals surface area contributed by atoms with Crippen molar-refractivity contribution in [2.75, 3.05) is 33.4 Å². The number of nitrogens with one attached hydrogen (secondary N) is 2. The minimum Gasteiger partial charge on any atom is -0.384 e. The van der Waals surface area contributed by atoms with E-state index < -0.39 is 0 Å². The van der Waals surface area contributed by atoms with Crippen LogP contribution in [0.15, 0.2) is 28.8 Å². The summed E-state index contributed by atoms with van der Waals surface area (Å²) in [5.41, 5.74) is 1.53. The fourth-order valence-electron chi connectivity index (χ4n) is 3.47. The van der Waals surface area contributed by atoms with Gasteiger partial charge in [0.2, 0.25) is 0 Å². The molecule has 2 aromatic rings. The molecule has 0 aliphatic carbocycles. The Morgan fingerprint density at radius 1 is 1.38 bits per heavy atom. The number of methoxy groups -OCH3 is 1. The van der Waals surface area contributed by atoms with Crippen LogP contribution in [0.3, 0.4) is 0 Å². The van der Waals surface area contributed by atoms with E-state index in [-0.39, 0.29) is 11.3 Å². The van der Waals surface area contributed by atoms with E-state index in [9.17, 15) is 4.79 Å². The van der Waals surface area contributed by atoms with Gasteiger partial charge in [-0.15, -0.1) is 0 Å². The second-order valence-corrected chi connectivity index (χ2v) is 7.22. The van der Waals surface area contributed by atoms with Gasteiger partial charge in [-0.25, -0.2) is 0 Å². The highest BCUT2D eigenvalue weighted by Crippen LogP contribution is 2.32. The van der Waals surface area contributed by atoms with Crippen LogP contribution < -0.4 is 10.6 Å². The molecule has 1 fully saturated rings. The van der Waals surface area contributed by atoms with Gasteiger partial charge in [-0.1, -0.05) is 35.0 Å². The van der Waals surface area contributed by atoms with Crippen LogP contribution in [-0.4, -0.2) is 44.4 Å². The quantitative estimate of drug-likeness (QED) is 0.809. The number of hydrogen-bond donors (Lipinski definition) is 2. The first-order valence-corrected chi connectivity index (χ1v) is 9.13. The van der Waals surface area contributed by atoms with E-state index in [0.717, 1.165) is 25.9 Å². The number of aryl methyl sites for hydroxylation is 1. The summed E-state index contributed by atoms with van der Waals surface area (Å²) in [4.78, 5) is 12.9. The molecular formula is C19H24ClN3O3. The van der Waals surface area contributed by atoms with Crippen molar-refractivity contribution in [2.24, 2.45) is 5.41 Å². The third-order valence-corrected chi connectivity index (χ3v) is 5.29. The third kappa shape index (κ3) is 3.92.